The van der Waals surface area contributed by atoms with Crippen molar-refractivity contribution in [2.75, 3.05) is 6.54 Å². The van der Waals surface area contributed by atoms with Crippen molar-refractivity contribution in [3.05, 3.63) is 42.0 Å². The molecule has 1 aromatic heterocycles. The van der Waals surface area contributed by atoms with Crippen LogP contribution in [0.5, 0.6) is 0 Å². The van der Waals surface area contributed by atoms with Crippen LogP contribution in [0.4, 0.5) is 0 Å². The van der Waals surface area contributed by atoms with Gasteiger partial charge in [-0.05, 0) is 31.4 Å². The average molecular weight is 405 g/mol. The fourth-order valence-electron chi connectivity index (χ4n) is 3.55. The Labute approximate surface area is 166 Å². The first kappa shape index (κ1) is 20.5. The molecule has 0 spiro atoms. The Hall–Kier alpha value is -2.19. The van der Waals surface area contributed by atoms with Crippen LogP contribution in [-0.2, 0) is 16.6 Å². The molecule has 1 aromatic carbocycles. The molecule has 2 aromatic rings. The number of imidazole rings is 1. The van der Waals surface area contributed by atoms with Crippen molar-refractivity contribution in [2.45, 2.75) is 58.0 Å². The largest absolute Gasteiger partial charge is 0.348 e. The van der Waals surface area contributed by atoms with Crippen molar-refractivity contribution in [1.82, 2.24) is 19.2 Å². The predicted octanol–water partition coefficient (Wildman–Crippen LogP) is 2.95. The van der Waals surface area contributed by atoms with Crippen LogP contribution in [0.2, 0.25) is 0 Å². The van der Waals surface area contributed by atoms with Crippen LogP contribution in [0.25, 0.3) is 5.69 Å². The minimum Gasteiger partial charge on any atom is -0.348 e. The molecular formula is C20H28N4O3S. The van der Waals surface area contributed by atoms with Crippen molar-refractivity contribution in [2.24, 2.45) is 5.92 Å². The van der Waals surface area contributed by atoms with Crippen LogP contribution >= 0.6 is 0 Å². The number of rotatable bonds is 6. The van der Waals surface area contributed by atoms with Crippen molar-refractivity contribution < 1.29 is 13.2 Å². The molecule has 0 fully saturated rings. The van der Waals surface area contributed by atoms with Gasteiger partial charge < -0.3 is 5.32 Å². The van der Waals surface area contributed by atoms with E-state index in [2.05, 4.69) is 17.2 Å². The van der Waals surface area contributed by atoms with Gasteiger partial charge in [-0.15, -0.1) is 0 Å². The monoisotopic (exact) mass is 404 g/mol. The van der Waals surface area contributed by atoms with E-state index >= 15 is 0 Å². The van der Waals surface area contributed by atoms with Crippen LogP contribution in [0.15, 0.2) is 35.5 Å². The molecule has 0 saturated heterocycles. The van der Waals surface area contributed by atoms with Gasteiger partial charge in [0.2, 0.25) is 10.0 Å². The normalized spacial score (nSPS) is 16.9. The molecule has 0 bridgehead atoms. The maximum absolute atomic E-state index is 13.3. The molecule has 1 amide bonds. The van der Waals surface area contributed by atoms with Gasteiger partial charge in [0.15, 0.2) is 5.69 Å². The zero-order valence-corrected chi connectivity index (χ0v) is 17.7. The smallest absolute Gasteiger partial charge is 0.272 e. The molecule has 28 heavy (non-hydrogen) atoms. The Morgan fingerprint density at radius 1 is 1.25 bits per heavy atom. The van der Waals surface area contributed by atoms with Crippen LogP contribution < -0.4 is 5.32 Å². The number of carbonyl (C=O) groups is 1. The first-order chi connectivity index (χ1) is 13.3. The maximum atomic E-state index is 13.3. The lowest BCUT2D eigenvalue weighted by Gasteiger charge is -2.22. The number of para-hydroxylation sites is 1. The Balaban J connectivity index is 2.10. The van der Waals surface area contributed by atoms with Gasteiger partial charge in [-0.25, -0.2) is 13.4 Å². The van der Waals surface area contributed by atoms with Crippen molar-refractivity contribution in [3.63, 3.8) is 0 Å². The molecule has 1 atom stereocenters. The maximum Gasteiger partial charge on any atom is 0.272 e. The number of sulfonamides is 1. The summed E-state index contributed by atoms with van der Waals surface area (Å²) in [6, 6.07) is 6.89. The Bertz CT molecular complexity index is 966. The lowest BCUT2D eigenvalue weighted by atomic mass is 10.2. The number of carbonyl (C=O) groups excluding carboxylic acids is 1. The minimum atomic E-state index is -3.67. The molecular weight excluding hydrogens is 376 g/mol. The van der Waals surface area contributed by atoms with E-state index in [-0.39, 0.29) is 35.0 Å². The third-order valence-electron chi connectivity index (χ3n) is 4.82. The van der Waals surface area contributed by atoms with Gasteiger partial charge in [0.05, 0.1) is 17.9 Å². The molecule has 1 unspecified atom stereocenters. The standard InChI is InChI=1S/C20H28N4O3S/c1-5-8-15(4)22-20(25)19-17-12-23(11-14(2)3)28(26,27)18-10-7-6-9-16(18)24(17)13-21-19/h6-7,9-10,13-15H,5,8,11-12H2,1-4H3,(H,22,25). The highest BCUT2D eigenvalue weighted by Gasteiger charge is 2.35. The van der Waals surface area contributed by atoms with Gasteiger partial charge in [0, 0.05) is 12.6 Å². The molecule has 0 aliphatic carbocycles. The third kappa shape index (κ3) is 3.84. The summed E-state index contributed by atoms with van der Waals surface area (Å²) in [5.41, 5.74) is 1.40. The lowest BCUT2D eigenvalue weighted by Crippen LogP contribution is -2.35. The molecule has 1 aliphatic rings. The van der Waals surface area contributed by atoms with Crippen LogP contribution in [0.3, 0.4) is 0 Å². The number of fused-ring (bicyclic) bond motifs is 3. The van der Waals surface area contributed by atoms with E-state index in [1.807, 2.05) is 20.8 Å². The quantitative estimate of drug-likeness (QED) is 0.802. The number of hydrogen-bond donors (Lipinski definition) is 1. The average Bonchev–Trinajstić information content (AvgIpc) is 3.01. The number of hydrogen-bond acceptors (Lipinski definition) is 4. The molecule has 2 heterocycles. The van der Waals surface area contributed by atoms with E-state index in [9.17, 15) is 13.2 Å². The van der Waals surface area contributed by atoms with E-state index in [4.69, 9.17) is 0 Å². The molecule has 1 aliphatic heterocycles. The molecule has 152 valence electrons. The highest BCUT2D eigenvalue weighted by Crippen LogP contribution is 2.31. The van der Waals surface area contributed by atoms with E-state index < -0.39 is 10.0 Å². The Morgan fingerprint density at radius 2 is 1.96 bits per heavy atom. The number of aromatic nitrogens is 2. The lowest BCUT2D eigenvalue weighted by molar-refractivity contribution is 0.0932. The highest BCUT2D eigenvalue weighted by atomic mass is 32.2. The summed E-state index contributed by atoms with van der Waals surface area (Å²) >= 11 is 0. The third-order valence-corrected chi connectivity index (χ3v) is 6.68. The molecule has 0 saturated carbocycles. The first-order valence-electron chi connectivity index (χ1n) is 9.72. The number of nitrogens with zero attached hydrogens (tertiary/aromatic N) is 3. The van der Waals surface area contributed by atoms with Gasteiger partial charge in [-0.1, -0.05) is 39.3 Å². The summed E-state index contributed by atoms with van der Waals surface area (Å²) in [6.45, 7) is 8.46. The van der Waals surface area contributed by atoms with Gasteiger partial charge in [0.1, 0.15) is 11.2 Å². The molecule has 1 N–H and O–H groups in total. The fourth-order valence-corrected chi connectivity index (χ4v) is 5.30. The number of nitrogens with one attached hydrogen (secondary N) is 1. The number of benzene rings is 1. The van der Waals surface area contributed by atoms with Gasteiger partial charge in [-0.3, -0.25) is 9.36 Å². The van der Waals surface area contributed by atoms with Crippen molar-refractivity contribution in [3.8, 4) is 5.69 Å². The Kier molecular flexibility index (Phi) is 5.90. The summed E-state index contributed by atoms with van der Waals surface area (Å²) < 4.78 is 29.7. The van der Waals surface area contributed by atoms with Gasteiger partial charge in [0.25, 0.3) is 5.91 Å². The van der Waals surface area contributed by atoms with Crippen LogP contribution in [-0.4, -0.2) is 40.8 Å². The fraction of sp³-hybridized carbons (Fsp3) is 0.500. The summed E-state index contributed by atoms with van der Waals surface area (Å²) in [6.07, 6.45) is 3.39. The van der Waals surface area contributed by atoms with Gasteiger partial charge in [-0.2, -0.15) is 4.31 Å². The second kappa shape index (κ2) is 8.05. The minimum absolute atomic E-state index is 0.0309. The first-order valence-corrected chi connectivity index (χ1v) is 11.2. The second-order valence-electron chi connectivity index (χ2n) is 7.73. The SMILES string of the molecule is CCCC(C)NC(=O)c1ncn2c1CN(CC(C)C)S(=O)(=O)c1ccccc1-2. The van der Waals surface area contributed by atoms with Crippen molar-refractivity contribution >= 4 is 15.9 Å². The van der Waals surface area contributed by atoms with Crippen LogP contribution in [0, 0.1) is 5.92 Å². The van der Waals surface area contributed by atoms with E-state index in [0.29, 0.717) is 17.9 Å². The predicted molar refractivity (Wildman–Crippen MR) is 108 cm³/mol. The van der Waals surface area contributed by atoms with Crippen molar-refractivity contribution in [1.29, 1.82) is 0 Å². The zero-order valence-electron chi connectivity index (χ0n) is 16.8. The summed E-state index contributed by atoms with van der Waals surface area (Å²) in [5.74, 6) is -0.116. The summed E-state index contributed by atoms with van der Waals surface area (Å²) in [5, 5.41) is 2.97. The number of amides is 1. The summed E-state index contributed by atoms with van der Waals surface area (Å²) in [4.78, 5) is 17.4. The van der Waals surface area contributed by atoms with Gasteiger partial charge >= 0.3 is 0 Å². The topological polar surface area (TPSA) is 84.3 Å². The molecule has 8 heteroatoms. The van der Waals surface area contributed by atoms with E-state index in [0.717, 1.165) is 12.8 Å². The zero-order chi connectivity index (χ0) is 20.5. The molecule has 3 rings (SSSR count). The highest BCUT2D eigenvalue weighted by molar-refractivity contribution is 7.89. The van der Waals surface area contributed by atoms with E-state index in [1.54, 1.807) is 35.2 Å². The molecule has 0 radical (unpaired) electrons. The van der Waals surface area contributed by atoms with E-state index in [1.165, 1.54) is 4.31 Å². The summed E-state index contributed by atoms with van der Waals surface area (Å²) in [7, 11) is -3.67. The Morgan fingerprint density at radius 3 is 2.64 bits per heavy atom. The molecule has 7 nitrogen and oxygen atoms in total. The van der Waals surface area contributed by atoms with Crippen LogP contribution in [0.1, 0.15) is 56.7 Å². The second-order valence-corrected chi connectivity index (χ2v) is 9.64.